The van der Waals surface area contributed by atoms with E-state index in [2.05, 4.69) is 50.9 Å². The van der Waals surface area contributed by atoms with Gasteiger partial charge in [-0.1, -0.05) is 18.6 Å². The van der Waals surface area contributed by atoms with Gasteiger partial charge in [-0.05, 0) is 49.6 Å². The van der Waals surface area contributed by atoms with Crippen LogP contribution in [0.2, 0.25) is 0 Å². The van der Waals surface area contributed by atoms with Crippen LogP contribution in [0.15, 0.2) is 42.9 Å². The molecular formula is C20H24N6. The number of fused-ring (bicyclic) bond motifs is 1. The Hall–Kier alpha value is -2.73. The average Bonchev–Trinajstić information content (AvgIpc) is 2.95. The monoisotopic (exact) mass is 348 g/mol. The molecule has 0 amide bonds. The van der Waals surface area contributed by atoms with Crippen LogP contribution >= 0.6 is 0 Å². The fourth-order valence-corrected chi connectivity index (χ4v) is 3.64. The van der Waals surface area contributed by atoms with Crippen LogP contribution < -0.4 is 10.6 Å². The number of hydrogen-bond donors (Lipinski definition) is 2. The predicted octanol–water partition coefficient (Wildman–Crippen LogP) is 3.61. The molecule has 0 saturated heterocycles. The number of anilines is 2. The van der Waals surface area contributed by atoms with Gasteiger partial charge in [0.1, 0.15) is 0 Å². The van der Waals surface area contributed by atoms with Crippen LogP contribution in [0.3, 0.4) is 0 Å². The van der Waals surface area contributed by atoms with Gasteiger partial charge in [0, 0.05) is 31.0 Å². The first-order valence-electron chi connectivity index (χ1n) is 9.12. The molecule has 0 spiro atoms. The van der Waals surface area contributed by atoms with E-state index >= 15 is 0 Å². The van der Waals surface area contributed by atoms with Gasteiger partial charge < -0.3 is 10.6 Å². The molecule has 1 aliphatic carbocycles. The minimum Gasteiger partial charge on any atom is -0.321 e. The molecule has 0 radical (unpaired) electrons. The summed E-state index contributed by atoms with van der Waals surface area (Å²) in [6.07, 6.45) is 10.3. The Morgan fingerprint density at radius 3 is 2.92 bits per heavy atom. The number of nitrogens with one attached hydrogen (secondary N) is 2. The van der Waals surface area contributed by atoms with Crippen LogP contribution in [0.25, 0.3) is 11.3 Å². The van der Waals surface area contributed by atoms with E-state index in [0.29, 0.717) is 12.0 Å². The van der Waals surface area contributed by atoms with Gasteiger partial charge in [0.2, 0.25) is 5.95 Å². The number of nitrogens with zero attached hydrogens (tertiary/aromatic N) is 4. The van der Waals surface area contributed by atoms with E-state index in [9.17, 15) is 0 Å². The van der Waals surface area contributed by atoms with Crippen molar-refractivity contribution >= 4 is 11.6 Å². The molecule has 1 aliphatic rings. The fourth-order valence-electron chi connectivity index (χ4n) is 3.64. The normalized spacial score (nSPS) is 16.8. The summed E-state index contributed by atoms with van der Waals surface area (Å²) in [4.78, 5) is 9.01. The van der Waals surface area contributed by atoms with Gasteiger partial charge in [0.25, 0.3) is 0 Å². The van der Waals surface area contributed by atoms with Crippen molar-refractivity contribution in [2.24, 2.45) is 7.05 Å². The lowest BCUT2D eigenvalue weighted by molar-refractivity contribution is 0.533. The molecule has 0 fully saturated rings. The standard InChI is InChI=1S/C20H24N6/c1-21-19-6-4-3-5-14-11-15(7-8-17(14)19)18-9-10-22-20(25-18)24-16-12-23-26(2)13-16/h7-13,19,21H,3-6H2,1-2H3,(H,22,24,25). The molecule has 26 heavy (non-hydrogen) atoms. The van der Waals surface area contributed by atoms with Gasteiger partial charge in [-0.15, -0.1) is 0 Å². The lowest BCUT2D eigenvalue weighted by Gasteiger charge is -2.17. The van der Waals surface area contributed by atoms with Crippen molar-refractivity contribution in [3.63, 3.8) is 0 Å². The molecule has 6 heteroatoms. The zero-order chi connectivity index (χ0) is 17.9. The molecule has 3 aromatic rings. The lowest BCUT2D eigenvalue weighted by Crippen LogP contribution is -2.16. The first kappa shape index (κ1) is 16.7. The summed E-state index contributed by atoms with van der Waals surface area (Å²) in [5.41, 5.74) is 5.80. The lowest BCUT2D eigenvalue weighted by atomic mass is 9.96. The van der Waals surface area contributed by atoms with Crippen molar-refractivity contribution in [2.45, 2.75) is 31.7 Å². The number of rotatable bonds is 4. The van der Waals surface area contributed by atoms with Crippen LogP contribution in [0, 0.1) is 0 Å². The summed E-state index contributed by atoms with van der Waals surface area (Å²) in [6, 6.07) is 9.14. The van der Waals surface area contributed by atoms with Crippen molar-refractivity contribution in [1.82, 2.24) is 25.1 Å². The van der Waals surface area contributed by atoms with E-state index in [1.807, 2.05) is 19.3 Å². The van der Waals surface area contributed by atoms with Crippen LogP contribution in [0.1, 0.15) is 36.4 Å². The summed E-state index contributed by atoms with van der Waals surface area (Å²) >= 11 is 0. The third-order valence-corrected chi connectivity index (χ3v) is 4.97. The van der Waals surface area contributed by atoms with Gasteiger partial charge in [0.15, 0.2) is 0 Å². The molecule has 1 unspecified atom stereocenters. The second kappa shape index (κ2) is 7.25. The maximum absolute atomic E-state index is 4.68. The Balaban J connectivity index is 1.63. The molecule has 2 N–H and O–H groups in total. The molecule has 2 aromatic heterocycles. The summed E-state index contributed by atoms with van der Waals surface area (Å²) in [6.45, 7) is 0. The fraction of sp³-hybridized carbons (Fsp3) is 0.350. The Labute approximate surface area is 153 Å². The maximum Gasteiger partial charge on any atom is 0.227 e. The van der Waals surface area contributed by atoms with E-state index in [1.165, 1.54) is 30.4 Å². The predicted molar refractivity (Wildman–Crippen MR) is 103 cm³/mol. The first-order chi connectivity index (χ1) is 12.7. The van der Waals surface area contributed by atoms with E-state index in [1.54, 1.807) is 17.1 Å². The van der Waals surface area contributed by atoms with Gasteiger partial charge in [-0.25, -0.2) is 9.97 Å². The molecule has 6 nitrogen and oxygen atoms in total. The van der Waals surface area contributed by atoms with Gasteiger partial charge in [-0.3, -0.25) is 4.68 Å². The molecule has 1 atom stereocenters. The van der Waals surface area contributed by atoms with Crippen LogP contribution in [0.5, 0.6) is 0 Å². The largest absolute Gasteiger partial charge is 0.321 e. The maximum atomic E-state index is 4.68. The van der Waals surface area contributed by atoms with Crippen molar-refractivity contribution in [2.75, 3.05) is 12.4 Å². The van der Waals surface area contributed by atoms with Crippen LogP contribution in [-0.4, -0.2) is 26.8 Å². The highest BCUT2D eigenvalue weighted by molar-refractivity contribution is 5.63. The molecule has 0 saturated carbocycles. The van der Waals surface area contributed by atoms with Crippen LogP contribution in [-0.2, 0) is 13.5 Å². The molecule has 0 aliphatic heterocycles. The third-order valence-electron chi connectivity index (χ3n) is 4.97. The Bertz CT molecular complexity index is 901. The third kappa shape index (κ3) is 3.46. The Morgan fingerprint density at radius 2 is 2.12 bits per heavy atom. The minimum absolute atomic E-state index is 0.453. The minimum atomic E-state index is 0.453. The number of aromatic nitrogens is 4. The molecule has 134 valence electrons. The molecule has 2 heterocycles. The van der Waals surface area contributed by atoms with Gasteiger partial charge >= 0.3 is 0 Å². The van der Waals surface area contributed by atoms with Crippen molar-refractivity contribution in [3.05, 3.63) is 54.0 Å². The molecular weight excluding hydrogens is 324 g/mol. The molecule has 4 rings (SSSR count). The second-order valence-corrected chi connectivity index (χ2v) is 6.79. The zero-order valence-electron chi connectivity index (χ0n) is 15.2. The number of aryl methyl sites for hydroxylation is 2. The summed E-state index contributed by atoms with van der Waals surface area (Å²) in [7, 11) is 3.94. The van der Waals surface area contributed by atoms with E-state index in [0.717, 1.165) is 23.4 Å². The first-order valence-corrected chi connectivity index (χ1v) is 9.12. The average molecular weight is 348 g/mol. The van der Waals surface area contributed by atoms with Gasteiger partial charge in [-0.2, -0.15) is 5.10 Å². The summed E-state index contributed by atoms with van der Waals surface area (Å²) in [5, 5.41) is 10.8. The molecule has 0 bridgehead atoms. The van der Waals surface area contributed by atoms with E-state index in [-0.39, 0.29) is 0 Å². The smallest absolute Gasteiger partial charge is 0.227 e. The summed E-state index contributed by atoms with van der Waals surface area (Å²) in [5.74, 6) is 0.582. The van der Waals surface area contributed by atoms with Gasteiger partial charge in [0.05, 0.1) is 17.6 Å². The Kier molecular flexibility index (Phi) is 4.67. The highest BCUT2D eigenvalue weighted by Gasteiger charge is 2.18. The molecule has 1 aromatic carbocycles. The highest BCUT2D eigenvalue weighted by Crippen LogP contribution is 2.31. The Morgan fingerprint density at radius 1 is 1.19 bits per heavy atom. The zero-order valence-corrected chi connectivity index (χ0v) is 15.2. The quantitative estimate of drug-likeness (QED) is 0.705. The number of hydrogen-bond acceptors (Lipinski definition) is 5. The van der Waals surface area contributed by atoms with Crippen molar-refractivity contribution in [3.8, 4) is 11.3 Å². The van der Waals surface area contributed by atoms with Crippen LogP contribution in [0.4, 0.5) is 11.6 Å². The van der Waals surface area contributed by atoms with Crippen molar-refractivity contribution in [1.29, 1.82) is 0 Å². The number of benzene rings is 1. The van der Waals surface area contributed by atoms with Crippen molar-refractivity contribution < 1.29 is 0 Å². The van der Waals surface area contributed by atoms with E-state index in [4.69, 9.17) is 0 Å². The SMILES string of the molecule is CNC1CCCCc2cc(-c3ccnc(Nc4cnn(C)c4)n3)ccc21. The summed E-state index contributed by atoms with van der Waals surface area (Å²) < 4.78 is 1.75. The highest BCUT2D eigenvalue weighted by atomic mass is 15.3. The topological polar surface area (TPSA) is 67.7 Å². The second-order valence-electron chi connectivity index (χ2n) is 6.79. The van der Waals surface area contributed by atoms with E-state index < -0.39 is 0 Å².